The van der Waals surface area contributed by atoms with Crippen molar-refractivity contribution in [3.05, 3.63) is 71.3 Å². The highest BCUT2D eigenvalue weighted by Gasteiger charge is 2.05. The smallest absolute Gasteiger partial charge is 0.224 e. The number of carbonyl (C=O) groups excluding carboxylic acids is 1. The quantitative estimate of drug-likeness (QED) is 0.594. The Kier molecular flexibility index (Phi) is 6.44. The fourth-order valence-electron chi connectivity index (χ4n) is 2.60. The van der Waals surface area contributed by atoms with E-state index in [0.717, 1.165) is 22.6 Å². The van der Waals surface area contributed by atoms with E-state index in [4.69, 9.17) is 16.3 Å². The van der Waals surface area contributed by atoms with E-state index in [0.29, 0.717) is 31.0 Å². The SMILES string of the molecule is Cc1cc(OCCCC(=O)Nc2cccc(Cn3cncn3)c2)ccc1Cl. The summed E-state index contributed by atoms with van der Waals surface area (Å²) < 4.78 is 7.40. The first-order valence-electron chi connectivity index (χ1n) is 8.70. The van der Waals surface area contributed by atoms with E-state index in [-0.39, 0.29) is 5.91 Å². The van der Waals surface area contributed by atoms with Gasteiger partial charge < -0.3 is 10.1 Å². The van der Waals surface area contributed by atoms with Crippen LogP contribution in [-0.4, -0.2) is 27.3 Å². The Balaban J connectivity index is 1.43. The van der Waals surface area contributed by atoms with E-state index in [1.54, 1.807) is 11.0 Å². The van der Waals surface area contributed by atoms with Crippen molar-refractivity contribution in [1.29, 1.82) is 0 Å². The number of nitrogens with one attached hydrogen (secondary N) is 1. The van der Waals surface area contributed by atoms with E-state index >= 15 is 0 Å². The van der Waals surface area contributed by atoms with E-state index in [1.807, 2.05) is 49.4 Å². The topological polar surface area (TPSA) is 69.0 Å². The monoisotopic (exact) mass is 384 g/mol. The van der Waals surface area contributed by atoms with E-state index in [9.17, 15) is 4.79 Å². The summed E-state index contributed by atoms with van der Waals surface area (Å²) in [4.78, 5) is 16.1. The van der Waals surface area contributed by atoms with Crippen molar-refractivity contribution in [2.24, 2.45) is 0 Å². The molecule has 0 aliphatic carbocycles. The Bertz CT molecular complexity index is 897. The van der Waals surface area contributed by atoms with Crippen molar-refractivity contribution < 1.29 is 9.53 Å². The van der Waals surface area contributed by atoms with Gasteiger partial charge in [0.25, 0.3) is 0 Å². The van der Waals surface area contributed by atoms with Crippen LogP contribution in [0.1, 0.15) is 24.0 Å². The second-order valence-corrected chi connectivity index (χ2v) is 6.61. The second kappa shape index (κ2) is 9.19. The maximum atomic E-state index is 12.1. The number of hydrogen-bond donors (Lipinski definition) is 1. The van der Waals surface area contributed by atoms with Gasteiger partial charge in [0.2, 0.25) is 5.91 Å². The Hall–Kier alpha value is -2.86. The molecule has 0 unspecified atom stereocenters. The molecule has 3 rings (SSSR count). The van der Waals surface area contributed by atoms with E-state index < -0.39 is 0 Å². The molecule has 0 saturated carbocycles. The minimum atomic E-state index is -0.0382. The maximum Gasteiger partial charge on any atom is 0.224 e. The Morgan fingerprint density at radius 2 is 2.15 bits per heavy atom. The molecule has 1 aromatic heterocycles. The molecule has 0 fully saturated rings. The van der Waals surface area contributed by atoms with Crippen LogP contribution in [0, 0.1) is 6.92 Å². The van der Waals surface area contributed by atoms with Crippen LogP contribution in [0.15, 0.2) is 55.1 Å². The molecule has 0 atom stereocenters. The largest absolute Gasteiger partial charge is 0.494 e. The Morgan fingerprint density at radius 1 is 1.26 bits per heavy atom. The van der Waals surface area contributed by atoms with Gasteiger partial charge in [0.05, 0.1) is 13.2 Å². The van der Waals surface area contributed by atoms with Crippen LogP contribution in [-0.2, 0) is 11.3 Å². The summed E-state index contributed by atoms with van der Waals surface area (Å²) in [6, 6.07) is 13.2. The van der Waals surface area contributed by atoms with Crippen molar-refractivity contribution in [3.8, 4) is 5.75 Å². The molecule has 0 aliphatic heterocycles. The van der Waals surface area contributed by atoms with Gasteiger partial charge in [-0.05, 0) is 54.8 Å². The molecule has 7 heteroatoms. The molecule has 0 radical (unpaired) electrons. The number of nitrogens with zero attached hydrogens (tertiary/aromatic N) is 3. The minimum Gasteiger partial charge on any atom is -0.494 e. The molecule has 2 aromatic carbocycles. The number of amides is 1. The first-order valence-corrected chi connectivity index (χ1v) is 9.08. The van der Waals surface area contributed by atoms with Crippen LogP contribution in [0.4, 0.5) is 5.69 Å². The van der Waals surface area contributed by atoms with Crippen molar-refractivity contribution in [1.82, 2.24) is 14.8 Å². The zero-order valence-corrected chi connectivity index (χ0v) is 15.8. The number of aromatic nitrogens is 3. The van der Waals surface area contributed by atoms with Gasteiger partial charge in [-0.1, -0.05) is 23.7 Å². The molecule has 1 N–H and O–H groups in total. The lowest BCUT2D eigenvalue weighted by molar-refractivity contribution is -0.116. The van der Waals surface area contributed by atoms with Crippen molar-refractivity contribution >= 4 is 23.2 Å². The first-order chi connectivity index (χ1) is 13.1. The first kappa shape index (κ1) is 18.9. The van der Waals surface area contributed by atoms with Gasteiger partial charge in [-0.2, -0.15) is 5.10 Å². The van der Waals surface area contributed by atoms with Gasteiger partial charge in [-0.25, -0.2) is 9.67 Å². The third kappa shape index (κ3) is 5.82. The van der Waals surface area contributed by atoms with Crippen LogP contribution in [0.25, 0.3) is 0 Å². The molecule has 140 valence electrons. The lowest BCUT2D eigenvalue weighted by Gasteiger charge is -2.09. The van der Waals surface area contributed by atoms with Gasteiger partial charge in [-0.15, -0.1) is 0 Å². The molecule has 27 heavy (non-hydrogen) atoms. The second-order valence-electron chi connectivity index (χ2n) is 6.20. The summed E-state index contributed by atoms with van der Waals surface area (Å²) in [6.07, 6.45) is 4.18. The molecule has 1 amide bonds. The molecular formula is C20H21ClN4O2. The highest BCUT2D eigenvalue weighted by Crippen LogP contribution is 2.21. The molecule has 6 nitrogen and oxygen atoms in total. The lowest BCUT2D eigenvalue weighted by Crippen LogP contribution is -2.13. The Morgan fingerprint density at radius 3 is 2.93 bits per heavy atom. The van der Waals surface area contributed by atoms with Crippen molar-refractivity contribution in [2.75, 3.05) is 11.9 Å². The average molecular weight is 385 g/mol. The van der Waals surface area contributed by atoms with E-state index in [1.165, 1.54) is 6.33 Å². The summed E-state index contributed by atoms with van der Waals surface area (Å²) in [5.41, 5.74) is 2.78. The number of ether oxygens (including phenoxy) is 1. The zero-order valence-electron chi connectivity index (χ0n) is 15.1. The molecule has 3 aromatic rings. The summed E-state index contributed by atoms with van der Waals surface area (Å²) in [6.45, 7) is 3.01. The van der Waals surface area contributed by atoms with Crippen molar-refractivity contribution in [2.45, 2.75) is 26.3 Å². The summed E-state index contributed by atoms with van der Waals surface area (Å²) in [5.74, 6) is 0.724. The molecule has 1 heterocycles. The van der Waals surface area contributed by atoms with Crippen LogP contribution in [0.3, 0.4) is 0 Å². The zero-order chi connectivity index (χ0) is 19.1. The van der Waals surface area contributed by atoms with Gasteiger partial charge in [0.15, 0.2) is 0 Å². The third-order valence-corrected chi connectivity index (χ3v) is 4.39. The van der Waals surface area contributed by atoms with Gasteiger partial charge in [0.1, 0.15) is 18.4 Å². The number of hydrogen-bond acceptors (Lipinski definition) is 4. The molecule has 0 saturated heterocycles. The summed E-state index contributed by atoms with van der Waals surface area (Å²) in [5, 5.41) is 7.72. The lowest BCUT2D eigenvalue weighted by atomic mass is 10.2. The highest BCUT2D eigenvalue weighted by molar-refractivity contribution is 6.31. The van der Waals surface area contributed by atoms with Crippen LogP contribution in [0.5, 0.6) is 5.75 Å². The summed E-state index contributed by atoms with van der Waals surface area (Å²) >= 11 is 5.99. The number of carbonyl (C=O) groups is 1. The molecular weight excluding hydrogens is 364 g/mol. The third-order valence-electron chi connectivity index (χ3n) is 3.97. The predicted molar refractivity (Wildman–Crippen MR) is 105 cm³/mol. The molecule has 0 bridgehead atoms. The fourth-order valence-corrected chi connectivity index (χ4v) is 2.72. The van der Waals surface area contributed by atoms with Gasteiger partial charge in [-0.3, -0.25) is 4.79 Å². The predicted octanol–water partition coefficient (Wildman–Crippen LogP) is 4.09. The van der Waals surface area contributed by atoms with Crippen LogP contribution in [0.2, 0.25) is 5.02 Å². The van der Waals surface area contributed by atoms with Crippen molar-refractivity contribution in [3.63, 3.8) is 0 Å². The standard InChI is InChI=1S/C20H21ClN4O2/c1-15-10-18(7-8-19(15)21)27-9-3-6-20(26)24-17-5-2-4-16(11-17)12-25-14-22-13-23-25/h2,4-5,7-8,10-11,13-14H,3,6,9,12H2,1H3,(H,24,26). The Labute approximate surface area is 163 Å². The molecule has 0 spiro atoms. The fraction of sp³-hybridized carbons (Fsp3) is 0.250. The number of aryl methyl sites for hydroxylation is 1. The minimum absolute atomic E-state index is 0.0382. The highest BCUT2D eigenvalue weighted by atomic mass is 35.5. The number of benzene rings is 2. The van der Waals surface area contributed by atoms with Crippen LogP contribution < -0.4 is 10.1 Å². The summed E-state index contributed by atoms with van der Waals surface area (Å²) in [7, 11) is 0. The number of halogens is 1. The number of rotatable bonds is 8. The van der Waals surface area contributed by atoms with Gasteiger partial charge in [0, 0.05) is 17.1 Å². The maximum absolute atomic E-state index is 12.1. The van der Waals surface area contributed by atoms with E-state index in [2.05, 4.69) is 15.4 Å². The number of anilines is 1. The normalized spacial score (nSPS) is 10.6. The average Bonchev–Trinajstić information content (AvgIpc) is 3.15. The van der Waals surface area contributed by atoms with Crippen LogP contribution >= 0.6 is 11.6 Å². The van der Waals surface area contributed by atoms with Gasteiger partial charge >= 0.3 is 0 Å². The molecule has 0 aliphatic rings.